The summed E-state index contributed by atoms with van der Waals surface area (Å²) in [6.07, 6.45) is 5.88. The van der Waals surface area contributed by atoms with Crippen LogP contribution in [0.3, 0.4) is 0 Å². The molecule has 0 radical (unpaired) electrons. The molecule has 5 nitrogen and oxygen atoms in total. The summed E-state index contributed by atoms with van der Waals surface area (Å²) >= 11 is 0. The van der Waals surface area contributed by atoms with Crippen LogP contribution in [-0.4, -0.2) is 47.6 Å². The second kappa shape index (κ2) is 10.8. The number of nitrogens with one attached hydrogen (secondary N) is 1. The molecule has 2 atom stereocenters. The number of aromatic nitrogens is 1. The molecule has 0 spiro atoms. The number of aromatic hydroxyl groups is 1. The molecular formula is C23H33N3O2. The van der Waals surface area contributed by atoms with E-state index >= 15 is 0 Å². The van der Waals surface area contributed by atoms with Gasteiger partial charge in [0.2, 0.25) is 5.91 Å². The molecule has 1 aromatic heterocycles. The number of hydrogen-bond acceptors (Lipinski definition) is 4. The Kier molecular flexibility index (Phi) is 8.45. The standard InChI is InChI=1S/C23H33N3O2/c1-17(2)12-20(19-6-5-11-24-15-19)14-23(28)25-16-21(26(3)4)13-18-7-9-22(27)10-8-18/h5-11,15,17,20-21,27H,12-14,16H2,1-4H3,(H,25,28)/t20-,21+/m1/s1. The van der Waals surface area contributed by atoms with Gasteiger partial charge in [0, 0.05) is 31.4 Å². The summed E-state index contributed by atoms with van der Waals surface area (Å²) < 4.78 is 0. The zero-order valence-corrected chi connectivity index (χ0v) is 17.4. The summed E-state index contributed by atoms with van der Waals surface area (Å²) in [5.41, 5.74) is 2.26. The monoisotopic (exact) mass is 383 g/mol. The molecule has 0 unspecified atom stereocenters. The van der Waals surface area contributed by atoms with Crippen molar-refractivity contribution in [2.45, 2.75) is 45.1 Å². The van der Waals surface area contributed by atoms with Crippen molar-refractivity contribution in [1.82, 2.24) is 15.2 Å². The number of hydrogen-bond donors (Lipinski definition) is 2. The Morgan fingerprint density at radius 3 is 2.46 bits per heavy atom. The first-order valence-electron chi connectivity index (χ1n) is 9.96. The number of rotatable bonds is 10. The molecule has 152 valence electrons. The molecule has 0 saturated heterocycles. The average Bonchev–Trinajstić information content (AvgIpc) is 2.66. The van der Waals surface area contributed by atoms with Gasteiger partial charge in [-0.25, -0.2) is 0 Å². The van der Waals surface area contributed by atoms with Crippen LogP contribution in [0.4, 0.5) is 0 Å². The predicted molar refractivity (Wildman–Crippen MR) is 113 cm³/mol. The van der Waals surface area contributed by atoms with Crippen LogP contribution in [0.1, 0.15) is 43.7 Å². The van der Waals surface area contributed by atoms with E-state index < -0.39 is 0 Å². The number of carbonyl (C=O) groups is 1. The fourth-order valence-electron chi connectivity index (χ4n) is 3.39. The van der Waals surface area contributed by atoms with Crippen LogP contribution in [0.15, 0.2) is 48.8 Å². The van der Waals surface area contributed by atoms with E-state index in [4.69, 9.17) is 0 Å². The zero-order chi connectivity index (χ0) is 20.5. The highest BCUT2D eigenvalue weighted by molar-refractivity contribution is 5.76. The minimum Gasteiger partial charge on any atom is -0.508 e. The van der Waals surface area contributed by atoms with Gasteiger partial charge in [-0.1, -0.05) is 32.0 Å². The maximum atomic E-state index is 12.6. The van der Waals surface area contributed by atoms with Gasteiger partial charge in [0.15, 0.2) is 0 Å². The van der Waals surface area contributed by atoms with Crippen molar-refractivity contribution in [2.24, 2.45) is 5.92 Å². The van der Waals surface area contributed by atoms with Gasteiger partial charge in [-0.2, -0.15) is 0 Å². The molecule has 0 aliphatic heterocycles. The molecule has 5 heteroatoms. The van der Waals surface area contributed by atoms with Gasteiger partial charge in [-0.15, -0.1) is 0 Å². The molecule has 2 N–H and O–H groups in total. The summed E-state index contributed by atoms with van der Waals surface area (Å²) in [5, 5.41) is 12.6. The van der Waals surface area contributed by atoms with Crippen LogP contribution in [-0.2, 0) is 11.2 Å². The van der Waals surface area contributed by atoms with Crippen molar-refractivity contribution in [3.05, 3.63) is 59.9 Å². The first-order chi connectivity index (χ1) is 13.3. The third-order valence-electron chi connectivity index (χ3n) is 5.02. The first-order valence-corrected chi connectivity index (χ1v) is 9.96. The summed E-state index contributed by atoms with van der Waals surface area (Å²) in [7, 11) is 4.04. The Balaban J connectivity index is 1.94. The molecule has 0 saturated carbocycles. The quantitative estimate of drug-likeness (QED) is 0.658. The Labute approximate surface area is 168 Å². The van der Waals surface area contributed by atoms with E-state index in [1.165, 1.54) is 0 Å². The van der Waals surface area contributed by atoms with Crippen LogP contribution in [0.5, 0.6) is 5.75 Å². The Bertz CT molecular complexity index is 714. The summed E-state index contributed by atoms with van der Waals surface area (Å²) in [4.78, 5) is 19.0. The van der Waals surface area contributed by atoms with Crippen LogP contribution in [0, 0.1) is 5.92 Å². The minimum atomic E-state index is 0.0760. The van der Waals surface area contributed by atoms with Gasteiger partial charge in [0.05, 0.1) is 0 Å². The van der Waals surface area contributed by atoms with Crippen molar-refractivity contribution in [1.29, 1.82) is 0 Å². The molecule has 0 fully saturated rings. The molecule has 0 bridgehead atoms. The molecule has 28 heavy (non-hydrogen) atoms. The number of amides is 1. The first kappa shape index (κ1) is 21.9. The van der Waals surface area contributed by atoms with Gasteiger partial charge in [-0.05, 0) is 68.1 Å². The highest BCUT2D eigenvalue weighted by Gasteiger charge is 2.19. The Morgan fingerprint density at radius 1 is 1.18 bits per heavy atom. The van der Waals surface area contributed by atoms with Crippen molar-refractivity contribution in [3.63, 3.8) is 0 Å². The second-order valence-electron chi connectivity index (χ2n) is 8.11. The van der Waals surface area contributed by atoms with Gasteiger partial charge >= 0.3 is 0 Å². The maximum absolute atomic E-state index is 12.6. The highest BCUT2D eigenvalue weighted by Crippen LogP contribution is 2.26. The van der Waals surface area contributed by atoms with Crippen molar-refractivity contribution in [2.75, 3.05) is 20.6 Å². The van der Waals surface area contributed by atoms with Gasteiger partial charge in [-0.3, -0.25) is 9.78 Å². The Morgan fingerprint density at radius 2 is 1.89 bits per heavy atom. The lowest BCUT2D eigenvalue weighted by Gasteiger charge is -2.25. The molecule has 2 aromatic rings. The molecule has 2 rings (SSSR count). The smallest absolute Gasteiger partial charge is 0.220 e. The fourth-order valence-corrected chi connectivity index (χ4v) is 3.39. The SMILES string of the molecule is CC(C)C[C@H](CC(=O)NC[C@H](Cc1ccc(O)cc1)N(C)C)c1cccnc1. The number of benzene rings is 1. The van der Waals surface area contributed by atoms with Gasteiger partial charge in [0.25, 0.3) is 0 Å². The highest BCUT2D eigenvalue weighted by atomic mass is 16.3. The lowest BCUT2D eigenvalue weighted by atomic mass is 9.88. The number of phenols is 1. The van der Waals surface area contributed by atoms with Crippen LogP contribution >= 0.6 is 0 Å². The van der Waals surface area contributed by atoms with E-state index in [0.29, 0.717) is 18.9 Å². The topological polar surface area (TPSA) is 65.5 Å². The summed E-state index contributed by atoms with van der Waals surface area (Å²) in [6.45, 7) is 4.95. The minimum absolute atomic E-state index is 0.0760. The fraction of sp³-hybridized carbons (Fsp3) is 0.478. The van der Waals surface area contributed by atoms with Crippen LogP contribution < -0.4 is 5.32 Å². The van der Waals surface area contributed by atoms with Crippen molar-refractivity contribution >= 4 is 5.91 Å². The Hall–Kier alpha value is -2.40. The van der Waals surface area contributed by atoms with E-state index in [1.807, 2.05) is 38.5 Å². The van der Waals surface area contributed by atoms with Crippen molar-refractivity contribution in [3.8, 4) is 5.75 Å². The lowest BCUT2D eigenvalue weighted by molar-refractivity contribution is -0.121. The second-order valence-corrected chi connectivity index (χ2v) is 8.11. The molecule has 1 aromatic carbocycles. The van der Waals surface area contributed by atoms with Crippen LogP contribution in [0.2, 0.25) is 0 Å². The normalized spacial score (nSPS) is 13.5. The third kappa shape index (κ3) is 7.31. The number of carbonyl (C=O) groups excluding carboxylic acids is 1. The zero-order valence-electron chi connectivity index (χ0n) is 17.4. The summed E-state index contributed by atoms with van der Waals surface area (Å²) in [6, 6.07) is 11.4. The number of likely N-dealkylation sites (N-methyl/N-ethyl adjacent to an activating group) is 1. The van der Waals surface area contributed by atoms with E-state index in [-0.39, 0.29) is 23.6 Å². The van der Waals surface area contributed by atoms with Gasteiger partial charge in [0.1, 0.15) is 5.75 Å². The number of phenolic OH excluding ortho intramolecular Hbond substituents is 1. The summed E-state index contributed by atoms with van der Waals surface area (Å²) in [5.74, 6) is 1.04. The predicted octanol–water partition coefficient (Wildman–Crippen LogP) is 3.60. The molecule has 0 aliphatic rings. The van der Waals surface area contributed by atoms with Crippen LogP contribution in [0.25, 0.3) is 0 Å². The van der Waals surface area contributed by atoms with E-state index in [0.717, 1.165) is 24.0 Å². The lowest BCUT2D eigenvalue weighted by Crippen LogP contribution is -2.41. The van der Waals surface area contributed by atoms with E-state index in [9.17, 15) is 9.90 Å². The maximum Gasteiger partial charge on any atom is 0.220 e. The average molecular weight is 384 g/mol. The molecular weight excluding hydrogens is 350 g/mol. The van der Waals surface area contributed by atoms with E-state index in [2.05, 4.69) is 35.1 Å². The van der Waals surface area contributed by atoms with E-state index in [1.54, 1.807) is 18.3 Å². The molecule has 1 amide bonds. The number of nitrogens with zero attached hydrogens (tertiary/aromatic N) is 2. The third-order valence-corrected chi connectivity index (χ3v) is 5.02. The van der Waals surface area contributed by atoms with Gasteiger partial charge < -0.3 is 15.3 Å². The number of pyridine rings is 1. The largest absolute Gasteiger partial charge is 0.508 e. The molecule has 0 aliphatic carbocycles. The van der Waals surface area contributed by atoms with Crippen molar-refractivity contribution < 1.29 is 9.90 Å². The molecule has 1 heterocycles.